The van der Waals surface area contributed by atoms with E-state index in [4.69, 9.17) is 21.7 Å². The van der Waals surface area contributed by atoms with Gasteiger partial charge in [-0.25, -0.2) is 0 Å². The van der Waals surface area contributed by atoms with Crippen molar-refractivity contribution < 1.29 is 19.8 Å². The molecule has 8 N–H and O–H groups in total. The third kappa shape index (κ3) is 5.30. The summed E-state index contributed by atoms with van der Waals surface area (Å²) in [5.41, 5.74) is 16.1. The highest BCUT2D eigenvalue weighted by Crippen LogP contribution is 2.21. The highest BCUT2D eigenvalue weighted by Gasteiger charge is 2.15. The zero-order chi connectivity index (χ0) is 22.5. The van der Waals surface area contributed by atoms with Gasteiger partial charge >= 0.3 is 11.9 Å². The Labute approximate surface area is 178 Å². The van der Waals surface area contributed by atoms with Crippen LogP contribution >= 0.6 is 0 Å². The molecular formula is C23H26N4O4. The minimum Gasteiger partial charge on any atom is -0.480 e. The van der Waals surface area contributed by atoms with Crippen LogP contribution in [0.1, 0.15) is 16.7 Å². The molecule has 0 saturated carbocycles. The van der Waals surface area contributed by atoms with Crippen LogP contribution in [0.5, 0.6) is 0 Å². The molecule has 0 amide bonds. The number of hydrogen-bond acceptors (Lipinski definition) is 4. The lowest BCUT2D eigenvalue weighted by Gasteiger charge is -2.05. The van der Waals surface area contributed by atoms with Crippen LogP contribution in [0.2, 0.25) is 0 Å². The molecule has 31 heavy (non-hydrogen) atoms. The Balaban J connectivity index is 0.000000176. The maximum Gasteiger partial charge on any atom is 0.320 e. The van der Waals surface area contributed by atoms with Crippen LogP contribution in [-0.4, -0.2) is 44.2 Å². The Morgan fingerprint density at radius 3 is 1.94 bits per heavy atom. The van der Waals surface area contributed by atoms with Gasteiger partial charge in [-0.2, -0.15) is 0 Å². The summed E-state index contributed by atoms with van der Waals surface area (Å²) >= 11 is 0. The summed E-state index contributed by atoms with van der Waals surface area (Å²) in [7, 11) is 0. The molecule has 0 radical (unpaired) electrons. The molecule has 2 atom stereocenters. The van der Waals surface area contributed by atoms with Crippen LogP contribution in [0.25, 0.3) is 21.8 Å². The molecule has 0 spiro atoms. The fourth-order valence-electron chi connectivity index (χ4n) is 3.41. The largest absolute Gasteiger partial charge is 0.480 e. The smallest absolute Gasteiger partial charge is 0.320 e. The van der Waals surface area contributed by atoms with Crippen LogP contribution in [0.4, 0.5) is 0 Å². The Bertz CT molecular complexity index is 1210. The fraction of sp³-hybridized carbons (Fsp3) is 0.217. The standard InChI is InChI=1S/C12H14N2O2.C11H12N2O2/c1-7-2-3-11-9(4-7)8(6-14-11)5-10(13)12(15)16;12-9(11(14)15)5-7-6-13-10-4-2-1-3-8(7)10/h2-4,6,10,14H,5,13H2,1H3,(H,15,16);1-4,6,9,13H,5,12H2,(H,14,15). The normalized spacial score (nSPS) is 12.9. The zero-order valence-corrected chi connectivity index (χ0v) is 17.1. The first-order valence-electron chi connectivity index (χ1n) is 9.84. The van der Waals surface area contributed by atoms with Crippen LogP contribution < -0.4 is 11.5 Å². The third-order valence-corrected chi connectivity index (χ3v) is 5.11. The topological polar surface area (TPSA) is 158 Å². The molecule has 0 aliphatic rings. The van der Waals surface area contributed by atoms with Crippen molar-refractivity contribution >= 4 is 33.7 Å². The number of carbonyl (C=O) groups is 2. The molecule has 0 aliphatic carbocycles. The molecule has 8 heteroatoms. The number of rotatable bonds is 6. The Morgan fingerprint density at radius 1 is 0.839 bits per heavy atom. The molecule has 4 rings (SSSR count). The number of aromatic amines is 2. The van der Waals surface area contributed by atoms with Gasteiger partial charge in [0.25, 0.3) is 0 Å². The van der Waals surface area contributed by atoms with Gasteiger partial charge in [0.1, 0.15) is 12.1 Å². The van der Waals surface area contributed by atoms with Crippen molar-refractivity contribution in [1.82, 2.24) is 9.97 Å². The first-order chi connectivity index (χ1) is 14.8. The average Bonchev–Trinajstić information content (AvgIpc) is 3.32. The number of benzene rings is 2. The van der Waals surface area contributed by atoms with Crippen LogP contribution in [-0.2, 0) is 22.4 Å². The van der Waals surface area contributed by atoms with Crippen molar-refractivity contribution in [2.24, 2.45) is 11.5 Å². The fourth-order valence-corrected chi connectivity index (χ4v) is 3.41. The molecule has 4 aromatic rings. The Morgan fingerprint density at radius 2 is 1.35 bits per heavy atom. The molecule has 0 fully saturated rings. The van der Waals surface area contributed by atoms with E-state index in [2.05, 4.69) is 9.97 Å². The van der Waals surface area contributed by atoms with Gasteiger partial charge in [-0.1, -0.05) is 29.8 Å². The van der Waals surface area contributed by atoms with Crippen molar-refractivity contribution in [3.8, 4) is 0 Å². The second-order valence-electron chi connectivity index (χ2n) is 7.52. The number of para-hydroxylation sites is 1. The van der Waals surface area contributed by atoms with Crippen molar-refractivity contribution in [2.75, 3.05) is 0 Å². The van der Waals surface area contributed by atoms with Gasteiger partial charge in [-0.3, -0.25) is 9.59 Å². The van der Waals surface area contributed by atoms with E-state index in [1.54, 1.807) is 0 Å². The molecular weight excluding hydrogens is 396 g/mol. The van der Waals surface area contributed by atoms with E-state index in [-0.39, 0.29) is 0 Å². The minimum absolute atomic E-state index is 0.346. The number of nitrogens with two attached hydrogens (primary N) is 2. The number of nitrogens with one attached hydrogen (secondary N) is 2. The molecule has 2 unspecified atom stereocenters. The lowest BCUT2D eigenvalue weighted by Crippen LogP contribution is -2.32. The molecule has 0 bridgehead atoms. The zero-order valence-electron chi connectivity index (χ0n) is 17.1. The highest BCUT2D eigenvalue weighted by atomic mass is 16.4. The van der Waals surface area contributed by atoms with E-state index in [9.17, 15) is 9.59 Å². The van der Waals surface area contributed by atoms with Gasteiger partial charge in [-0.05, 0) is 36.2 Å². The third-order valence-electron chi connectivity index (χ3n) is 5.11. The van der Waals surface area contributed by atoms with Gasteiger partial charge in [0.15, 0.2) is 0 Å². The van der Waals surface area contributed by atoms with Crippen molar-refractivity contribution in [1.29, 1.82) is 0 Å². The van der Waals surface area contributed by atoms with Crippen LogP contribution in [0.3, 0.4) is 0 Å². The molecule has 0 saturated heterocycles. The monoisotopic (exact) mass is 422 g/mol. The second kappa shape index (κ2) is 9.46. The molecule has 2 aromatic heterocycles. The van der Waals surface area contributed by atoms with E-state index < -0.39 is 24.0 Å². The minimum atomic E-state index is -0.972. The molecule has 0 aliphatic heterocycles. The van der Waals surface area contributed by atoms with E-state index >= 15 is 0 Å². The van der Waals surface area contributed by atoms with Gasteiger partial charge in [0, 0.05) is 47.0 Å². The summed E-state index contributed by atoms with van der Waals surface area (Å²) in [6, 6.07) is 12.1. The summed E-state index contributed by atoms with van der Waals surface area (Å²) in [5.74, 6) is -1.94. The number of carboxylic acids is 2. The van der Waals surface area contributed by atoms with Gasteiger partial charge in [0.05, 0.1) is 0 Å². The number of aromatic nitrogens is 2. The van der Waals surface area contributed by atoms with Crippen molar-refractivity contribution in [3.63, 3.8) is 0 Å². The summed E-state index contributed by atoms with van der Waals surface area (Å²) < 4.78 is 0. The van der Waals surface area contributed by atoms with Gasteiger partial charge < -0.3 is 31.6 Å². The molecule has 2 aromatic carbocycles. The quantitative estimate of drug-likeness (QED) is 0.280. The van der Waals surface area contributed by atoms with E-state index in [0.29, 0.717) is 12.8 Å². The highest BCUT2D eigenvalue weighted by molar-refractivity contribution is 5.85. The molecule has 2 heterocycles. The van der Waals surface area contributed by atoms with Crippen molar-refractivity contribution in [2.45, 2.75) is 31.8 Å². The second-order valence-corrected chi connectivity index (χ2v) is 7.52. The predicted octanol–water partition coefficient (Wildman–Crippen LogP) is 2.55. The Hall–Kier alpha value is -3.62. The number of hydrogen-bond donors (Lipinski definition) is 6. The number of aliphatic carboxylic acids is 2. The average molecular weight is 422 g/mol. The van der Waals surface area contributed by atoms with Crippen molar-refractivity contribution in [3.05, 3.63) is 71.5 Å². The number of fused-ring (bicyclic) bond motifs is 2. The molecule has 162 valence electrons. The SMILES string of the molecule is Cc1ccc2[nH]cc(CC(N)C(=O)O)c2c1.NC(Cc1c[nH]c2ccccc12)C(=O)O. The first-order valence-corrected chi connectivity index (χ1v) is 9.84. The van der Waals surface area contributed by atoms with Gasteiger partial charge in [0.2, 0.25) is 0 Å². The number of aryl methyl sites for hydroxylation is 1. The van der Waals surface area contributed by atoms with E-state index in [1.807, 2.05) is 61.8 Å². The maximum atomic E-state index is 10.7. The van der Waals surface area contributed by atoms with E-state index in [1.165, 1.54) is 0 Å². The molecule has 8 nitrogen and oxygen atoms in total. The van der Waals surface area contributed by atoms with E-state index in [0.717, 1.165) is 38.5 Å². The van der Waals surface area contributed by atoms with Crippen LogP contribution in [0, 0.1) is 6.92 Å². The van der Waals surface area contributed by atoms with Gasteiger partial charge in [-0.15, -0.1) is 0 Å². The lowest BCUT2D eigenvalue weighted by molar-refractivity contribution is -0.139. The first kappa shape index (κ1) is 22.1. The summed E-state index contributed by atoms with van der Waals surface area (Å²) in [6.07, 6.45) is 4.33. The lowest BCUT2D eigenvalue weighted by atomic mass is 10.0. The number of carboxylic acid groups (broad SMARTS) is 2. The summed E-state index contributed by atoms with van der Waals surface area (Å²) in [4.78, 5) is 27.5. The Kier molecular flexibility index (Phi) is 6.74. The summed E-state index contributed by atoms with van der Waals surface area (Å²) in [5, 5.41) is 19.6. The van der Waals surface area contributed by atoms with Crippen LogP contribution in [0.15, 0.2) is 54.9 Å². The maximum absolute atomic E-state index is 10.7. The number of H-pyrrole nitrogens is 2. The predicted molar refractivity (Wildman–Crippen MR) is 120 cm³/mol. The summed E-state index contributed by atoms with van der Waals surface area (Å²) in [6.45, 7) is 2.01.